The third-order valence-electron chi connectivity index (χ3n) is 3.42. The standard InChI is InChI=1S/C17H17F2I/c18-15-8-4-13(5-9-15)17(3-1-2-12-20)14-6-10-16(19)11-7-14/h4-11,17H,1-3,12H2. The summed E-state index contributed by atoms with van der Waals surface area (Å²) in [5, 5.41) is 0. The maximum Gasteiger partial charge on any atom is 0.123 e. The summed E-state index contributed by atoms with van der Waals surface area (Å²) in [7, 11) is 0. The summed E-state index contributed by atoms with van der Waals surface area (Å²) in [6.45, 7) is 0. The van der Waals surface area contributed by atoms with Gasteiger partial charge < -0.3 is 0 Å². The van der Waals surface area contributed by atoms with Gasteiger partial charge >= 0.3 is 0 Å². The van der Waals surface area contributed by atoms with Gasteiger partial charge in [-0.25, -0.2) is 8.78 Å². The minimum Gasteiger partial charge on any atom is -0.207 e. The van der Waals surface area contributed by atoms with Crippen LogP contribution in [0.2, 0.25) is 0 Å². The molecule has 2 rings (SSSR count). The second-order valence-electron chi connectivity index (χ2n) is 4.84. The molecule has 0 spiro atoms. The highest BCUT2D eigenvalue weighted by molar-refractivity contribution is 14.1. The van der Waals surface area contributed by atoms with Crippen molar-refractivity contribution in [1.82, 2.24) is 0 Å². The molecule has 3 heteroatoms. The van der Waals surface area contributed by atoms with Gasteiger partial charge in [-0.1, -0.05) is 53.3 Å². The largest absolute Gasteiger partial charge is 0.207 e. The normalized spacial score (nSPS) is 11.0. The minimum absolute atomic E-state index is 0.208. The Hall–Kier alpha value is -0.970. The van der Waals surface area contributed by atoms with Crippen LogP contribution >= 0.6 is 22.6 Å². The first kappa shape index (κ1) is 15.4. The van der Waals surface area contributed by atoms with Crippen LogP contribution in [0.1, 0.15) is 36.3 Å². The Morgan fingerprint density at radius 3 is 1.60 bits per heavy atom. The minimum atomic E-state index is -0.223. The number of rotatable bonds is 6. The van der Waals surface area contributed by atoms with E-state index in [0.29, 0.717) is 0 Å². The summed E-state index contributed by atoms with van der Waals surface area (Å²) in [6.07, 6.45) is 3.28. The summed E-state index contributed by atoms with van der Waals surface area (Å²) in [5.41, 5.74) is 2.18. The molecule has 0 N–H and O–H groups in total. The average molecular weight is 386 g/mol. The molecule has 0 radical (unpaired) electrons. The van der Waals surface area contributed by atoms with Crippen molar-refractivity contribution in [2.24, 2.45) is 0 Å². The highest BCUT2D eigenvalue weighted by Gasteiger charge is 2.14. The fraction of sp³-hybridized carbons (Fsp3) is 0.294. The lowest BCUT2D eigenvalue weighted by atomic mass is 9.87. The van der Waals surface area contributed by atoms with E-state index in [1.165, 1.54) is 30.7 Å². The van der Waals surface area contributed by atoms with Crippen LogP contribution in [0.3, 0.4) is 0 Å². The van der Waals surface area contributed by atoms with E-state index < -0.39 is 0 Å². The van der Waals surface area contributed by atoms with E-state index in [9.17, 15) is 8.78 Å². The Morgan fingerprint density at radius 2 is 1.20 bits per heavy atom. The summed E-state index contributed by atoms with van der Waals surface area (Å²) >= 11 is 2.37. The second-order valence-corrected chi connectivity index (χ2v) is 5.92. The van der Waals surface area contributed by atoms with Gasteiger partial charge in [0.1, 0.15) is 11.6 Å². The molecule has 0 unspecified atom stereocenters. The number of benzene rings is 2. The zero-order chi connectivity index (χ0) is 14.4. The molecule has 0 atom stereocenters. The van der Waals surface area contributed by atoms with Gasteiger partial charge in [-0.05, 0) is 52.7 Å². The molecule has 0 saturated heterocycles. The van der Waals surface area contributed by atoms with E-state index in [1.807, 2.05) is 24.3 Å². The molecule has 0 saturated carbocycles. The third-order valence-corrected chi connectivity index (χ3v) is 4.18. The van der Waals surface area contributed by atoms with E-state index in [2.05, 4.69) is 22.6 Å². The van der Waals surface area contributed by atoms with Crippen LogP contribution in [-0.2, 0) is 0 Å². The van der Waals surface area contributed by atoms with E-state index in [-0.39, 0.29) is 17.6 Å². The lowest BCUT2D eigenvalue weighted by Gasteiger charge is -2.18. The van der Waals surface area contributed by atoms with Gasteiger partial charge in [-0.15, -0.1) is 0 Å². The lowest BCUT2D eigenvalue weighted by molar-refractivity contribution is 0.617. The number of hydrogen-bond acceptors (Lipinski definition) is 0. The summed E-state index contributed by atoms with van der Waals surface area (Å²) in [6, 6.07) is 13.3. The van der Waals surface area contributed by atoms with Crippen molar-refractivity contribution in [2.75, 3.05) is 4.43 Å². The molecule has 2 aromatic rings. The highest BCUT2D eigenvalue weighted by Crippen LogP contribution is 2.30. The predicted octanol–water partition coefficient (Wildman–Crippen LogP) is 5.70. The van der Waals surface area contributed by atoms with E-state index >= 15 is 0 Å². The van der Waals surface area contributed by atoms with Gasteiger partial charge in [-0.2, -0.15) is 0 Å². The van der Waals surface area contributed by atoms with Gasteiger partial charge in [0.25, 0.3) is 0 Å². The van der Waals surface area contributed by atoms with Crippen molar-refractivity contribution >= 4 is 22.6 Å². The lowest BCUT2D eigenvalue weighted by Crippen LogP contribution is -2.02. The van der Waals surface area contributed by atoms with Crippen molar-refractivity contribution in [2.45, 2.75) is 25.2 Å². The van der Waals surface area contributed by atoms with Crippen molar-refractivity contribution in [3.63, 3.8) is 0 Å². The molecular formula is C17H17F2I. The molecule has 20 heavy (non-hydrogen) atoms. The van der Waals surface area contributed by atoms with Gasteiger partial charge in [0.05, 0.1) is 0 Å². The van der Waals surface area contributed by atoms with Crippen LogP contribution in [0.25, 0.3) is 0 Å². The molecule has 2 aromatic carbocycles. The maximum absolute atomic E-state index is 13.1. The topological polar surface area (TPSA) is 0 Å². The third kappa shape index (κ3) is 4.27. The first-order valence-electron chi connectivity index (χ1n) is 6.77. The van der Waals surface area contributed by atoms with Crippen LogP contribution in [0.4, 0.5) is 8.78 Å². The Bertz CT molecular complexity index is 474. The number of alkyl halides is 1. The SMILES string of the molecule is Fc1ccc(C(CCCCI)c2ccc(F)cc2)cc1. The molecule has 0 aliphatic carbocycles. The van der Waals surface area contributed by atoms with Crippen molar-refractivity contribution in [1.29, 1.82) is 0 Å². The molecule has 0 fully saturated rings. The molecule has 0 aromatic heterocycles. The monoisotopic (exact) mass is 386 g/mol. The Morgan fingerprint density at radius 1 is 0.750 bits per heavy atom. The molecule has 0 aliphatic heterocycles. The number of halogens is 3. The summed E-state index contributed by atoms with van der Waals surface area (Å²) in [5.74, 6) is -0.239. The van der Waals surface area contributed by atoms with E-state index in [0.717, 1.165) is 28.4 Å². The van der Waals surface area contributed by atoms with Crippen LogP contribution in [0, 0.1) is 11.6 Å². The predicted molar refractivity (Wildman–Crippen MR) is 87.4 cm³/mol. The fourth-order valence-corrected chi connectivity index (χ4v) is 2.90. The van der Waals surface area contributed by atoms with E-state index in [1.54, 1.807) is 0 Å². The van der Waals surface area contributed by atoms with Crippen LogP contribution < -0.4 is 0 Å². The zero-order valence-electron chi connectivity index (χ0n) is 11.2. The number of hydrogen-bond donors (Lipinski definition) is 0. The molecule has 106 valence electrons. The second kappa shape index (κ2) is 7.72. The van der Waals surface area contributed by atoms with Crippen molar-refractivity contribution < 1.29 is 8.78 Å². The van der Waals surface area contributed by atoms with Gasteiger partial charge in [-0.3, -0.25) is 0 Å². The first-order chi connectivity index (χ1) is 9.70. The van der Waals surface area contributed by atoms with Crippen LogP contribution in [0.5, 0.6) is 0 Å². The quantitative estimate of drug-likeness (QED) is 0.339. The molecular weight excluding hydrogens is 369 g/mol. The molecule has 0 nitrogen and oxygen atoms in total. The zero-order valence-corrected chi connectivity index (χ0v) is 13.3. The smallest absolute Gasteiger partial charge is 0.123 e. The van der Waals surface area contributed by atoms with E-state index in [4.69, 9.17) is 0 Å². The Balaban J connectivity index is 2.23. The summed E-state index contributed by atoms with van der Waals surface area (Å²) < 4.78 is 27.3. The molecule has 0 bridgehead atoms. The molecule has 0 amide bonds. The van der Waals surface area contributed by atoms with Gasteiger partial charge in [0.2, 0.25) is 0 Å². The number of unbranched alkanes of at least 4 members (excludes halogenated alkanes) is 1. The maximum atomic E-state index is 13.1. The van der Waals surface area contributed by atoms with Gasteiger partial charge in [0.15, 0.2) is 0 Å². The molecule has 0 heterocycles. The molecule has 0 aliphatic rings. The van der Waals surface area contributed by atoms with Gasteiger partial charge in [0, 0.05) is 5.92 Å². The van der Waals surface area contributed by atoms with Crippen molar-refractivity contribution in [3.8, 4) is 0 Å². The van der Waals surface area contributed by atoms with Crippen molar-refractivity contribution in [3.05, 3.63) is 71.3 Å². The Kier molecular flexibility index (Phi) is 5.95. The summed E-state index contributed by atoms with van der Waals surface area (Å²) in [4.78, 5) is 0. The van der Waals surface area contributed by atoms with Crippen LogP contribution in [0.15, 0.2) is 48.5 Å². The highest BCUT2D eigenvalue weighted by atomic mass is 127. The Labute approximate surface area is 132 Å². The average Bonchev–Trinajstić information content (AvgIpc) is 2.46. The first-order valence-corrected chi connectivity index (χ1v) is 8.30. The van der Waals surface area contributed by atoms with Crippen LogP contribution in [-0.4, -0.2) is 4.43 Å². The fourth-order valence-electron chi connectivity index (χ4n) is 2.36.